The van der Waals surface area contributed by atoms with Crippen LogP contribution < -0.4 is 0 Å². The fraction of sp³-hybridized carbons (Fsp3) is 1.00. The summed E-state index contributed by atoms with van der Waals surface area (Å²) in [5.74, 6) is 1.57. The van der Waals surface area contributed by atoms with Crippen molar-refractivity contribution in [1.29, 1.82) is 0 Å². The number of hydrogen-bond donors (Lipinski definition) is 4. The number of aliphatic hydroxyl groups is 4. The zero-order chi connectivity index (χ0) is 17.1. The summed E-state index contributed by atoms with van der Waals surface area (Å²) >= 11 is 3.00. The number of thioether (sulfide) groups is 2. The smallest absolute Gasteiger partial charge is 0.154 e. The summed E-state index contributed by atoms with van der Waals surface area (Å²) in [6.45, 7) is 7.72. The van der Waals surface area contributed by atoms with Crippen molar-refractivity contribution in [3.8, 4) is 0 Å². The molecule has 0 saturated carbocycles. The second kappa shape index (κ2) is 12.8. The molecule has 0 heterocycles. The second-order valence-corrected chi connectivity index (χ2v) is 7.81. The van der Waals surface area contributed by atoms with E-state index in [1.807, 2.05) is 20.8 Å². The fourth-order valence-electron chi connectivity index (χ4n) is 1.78. The lowest BCUT2D eigenvalue weighted by Crippen LogP contribution is -2.49. The number of ether oxygens (including phenoxy) is 2. The van der Waals surface area contributed by atoms with Gasteiger partial charge in [-0.15, -0.1) is 23.5 Å². The fourth-order valence-corrected chi connectivity index (χ4v) is 4.35. The largest absolute Gasteiger partial charge is 0.388 e. The molecule has 0 rings (SSSR count). The van der Waals surface area contributed by atoms with Crippen molar-refractivity contribution in [1.82, 2.24) is 0 Å². The molecule has 22 heavy (non-hydrogen) atoms. The van der Waals surface area contributed by atoms with E-state index in [1.54, 1.807) is 6.92 Å². The Balaban J connectivity index is 4.44. The highest BCUT2D eigenvalue weighted by Gasteiger charge is 2.35. The molecular weight excluding hydrogens is 328 g/mol. The van der Waals surface area contributed by atoms with Crippen LogP contribution in [0.25, 0.3) is 0 Å². The summed E-state index contributed by atoms with van der Waals surface area (Å²) in [4.78, 5) is 0. The first-order chi connectivity index (χ1) is 10.4. The van der Waals surface area contributed by atoms with E-state index in [2.05, 4.69) is 0 Å². The van der Waals surface area contributed by atoms with E-state index >= 15 is 0 Å². The van der Waals surface area contributed by atoms with Gasteiger partial charge in [0.25, 0.3) is 0 Å². The predicted molar refractivity (Wildman–Crippen MR) is 91.1 cm³/mol. The zero-order valence-electron chi connectivity index (χ0n) is 13.7. The second-order valence-electron chi connectivity index (χ2n) is 4.67. The normalized spacial score (nSPS) is 19.0. The van der Waals surface area contributed by atoms with Crippen LogP contribution in [0.1, 0.15) is 27.7 Å². The Bertz CT molecular complexity index is 266. The lowest BCUT2D eigenvalue weighted by atomic mass is 10.0. The third-order valence-electron chi connectivity index (χ3n) is 2.94. The Morgan fingerprint density at radius 1 is 0.818 bits per heavy atom. The molecule has 0 spiro atoms. The van der Waals surface area contributed by atoms with Crippen LogP contribution >= 0.6 is 23.5 Å². The van der Waals surface area contributed by atoms with Gasteiger partial charge in [0.2, 0.25) is 0 Å². The van der Waals surface area contributed by atoms with E-state index in [0.717, 1.165) is 11.5 Å². The van der Waals surface area contributed by atoms with E-state index in [-0.39, 0.29) is 11.2 Å². The van der Waals surface area contributed by atoms with Gasteiger partial charge in [0.15, 0.2) is 6.29 Å². The molecule has 4 N–H and O–H groups in total. The van der Waals surface area contributed by atoms with Crippen LogP contribution in [0.2, 0.25) is 0 Å². The molecule has 0 aliphatic heterocycles. The minimum atomic E-state index is -1.48. The lowest BCUT2D eigenvalue weighted by molar-refractivity contribution is -0.170. The van der Waals surface area contributed by atoms with Crippen molar-refractivity contribution >= 4 is 23.5 Å². The van der Waals surface area contributed by atoms with E-state index in [0.29, 0.717) is 6.61 Å². The SMILES string of the molecule is CCOC(C)OCC(O)C(O)C(O)C(O)C(SCC)SCC. The van der Waals surface area contributed by atoms with Gasteiger partial charge in [-0.3, -0.25) is 0 Å². The van der Waals surface area contributed by atoms with Crippen LogP contribution in [0.15, 0.2) is 0 Å². The highest BCUT2D eigenvalue weighted by atomic mass is 32.2. The Kier molecular flexibility index (Phi) is 13.1. The van der Waals surface area contributed by atoms with Crippen molar-refractivity contribution in [3.05, 3.63) is 0 Å². The Morgan fingerprint density at radius 2 is 1.36 bits per heavy atom. The maximum absolute atomic E-state index is 10.2. The molecule has 6 nitrogen and oxygen atoms in total. The molecule has 5 atom stereocenters. The first-order valence-corrected chi connectivity index (χ1v) is 9.67. The molecule has 0 aromatic rings. The highest BCUT2D eigenvalue weighted by Crippen LogP contribution is 2.29. The Labute approximate surface area is 141 Å². The van der Waals surface area contributed by atoms with Crippen LogP contribution in [0.5, 0.6) is 0 Å². The molecule has 0 bridgehead atoms. The maximum Gasteiger partial charge on any atom is 0.154 e. The summed E-state index contributed by atoms with van der Waals surface area (Å²) in [7, 11) is 0. The average molecular weight is 359 g/mol. The van der Waals surface area contributed by atoms with Crippen molar-refractivity contribution in [3.63, 3.8) is 0 Å². The maximum atomic E-state index is 10.2. The Morgan fingerprint density at radius 3 is 1.82 bits per heavy atom. The van der Waals surface area contributed by atoms with Gasteiger partial charge in [-0.05, 0) is 25.4 Å². The molecule has 0 radical (unpaired) electrons. The first-order valence-electron chi connectivity index (χ1n) is 7.57. The van der Waals surface area contributed by atoms with E-state index in [4.69, 9.17) is 9.47 Å². The molecule has 0 aliphatic rings. The predicted octanol–water partition coefficient (Wildman–Crippen LogP) is 0.661. The van der Waals surface area contributed by atoms with Gasteiger partial charge in [0.1, 0.15) is 24.4 Å². The minimum absolute atomic E-state index is 0.182. The molecule has 0 aliphatic carbocycles. The standard InChI is InChI=1S/C14H30O6S2/c1-5-19-9(4)20-8-10(15)11(16)12(17)13(18)14(21-6-2)22-7-3/h9-18H,5-8H2,1-4H3. The molecule has 0 aromatic heterocycles. The van der Waals surface area contributed by atoms with E-state index in [9.17, 15) is 20.4 Å². The number of hydrogen-bond acceptors (Lipinski definition) is 8. The lowest BCUT2D eigenvalue weighted by Gasteiger charge is -2.30. The topological polar surface area (TPSA) is 99.4 Å². The van der Waals surface area contributed by atoms with E-state index < -0.39 is 30.7 Å². The molecule has 5 unspecified atom stereocenters. The van der Waals surface area contributed by atoms with Gasteiger partial charge >= 0.3 is 0 Å². The first kappa shape index (κ1) is 22.5. The monoisotopic (exact) mass is 358 g/mol. The molecular formula is C14H30O6S2. The molecule has 0 amide bonds. The molecule has 8 heteroatoms. The summed E-state index contributed by atoms with van der Waals surface area (Å²) < 4.78 is 10.1. The van der Waals surface area contributed by atoms with Crippen LogP contribution in [-0.2, 0) is 9.47 Å². The third-order valence-corrected chi connectivity index (χ3v) is 5.64. The average Bonchev–Trinajstić information content (AvgIpc) is 2.50. The summed E-state index contributed by atoms with van der Waals surface area (Å²) in [5.41, 5.74) is 0. The van der Waals surface area contributed by atoms with Gasteiger partial charge < -0.3 is 29.9 Å². The Hall–Kier alpha value is 0.460. The number of rotatable bonds is 13. The number of aliphatic hydroxyl groups excluding tert-OH is 4. The van der Waals surface area contributed by atoms with Crippen LogP contribution in [-0.4, -0.2) is 80.4 Å². The highest BCUT2D eigenvalue weighted by molar-refractivity contribution is 8.17. The summed E-state index contributed by atoms with van der Waals surface area (Å²) in [5, 5.41) is 40.1. The van der Waals surface area contributed by atoms with Crippen LogP contribution in [0.3, 0.4) is 0 Å². The van der Waals surface area contributed by atoms with Gasteiger partial charge in [0.05, 0.1) is 11.2 Å². The van der Waals surface area contributed by atoms with Crippen LogP contribution in [0.4, 0.5) is 0 Å². The van der Waals surface area contributed by atoms with Crippen molar-refractivity contribution in [2.24, 2.45) is 0 Å². The van der Waals surface area contributed by atoms with Crippen molar-refractivity contribution in [2.75, 3.05) is 24.7 Å². The van der Waals surface area contributed by atoms with Gasteiger partial charge in [0, 0.05) is 6.61 Å². The van der Waals surface area contributed by atoms with Gasteiger partial charge in [-0.2, -0.15) is 0 Å². The van der Waals surface area contributed by atoms with E-state index in [1.165, 1.54) is 23.5 Å². The van der Waals surface area contributed by atoms with Crippen molar-refractivity contribution < 1.29 is 29.9 Å². The molecule has 0 saturated heterocycles. The van der Waals surface area contributed by atoms with Gasteiger partial charge in [-0.25, -0.2) is 0 Å². The summed E-state index contributed by atoms with van der Waals surface area (Å²) in [6, 6.07) is 0. The molecule has 0 fully saturated rings. The zero-order valence-corrected chi connectivity index (χ0v) is 15.3. The van der Waals surface area contributed by atoms with Crippen molar-refractivity contribution in [2.45, 2.75) is 63.0 Å². The summed E-state index contributed by atoms with van der Waals surface area (Å²) in [6.07, 6.45) is -5.87. The molecule has 0 aromatic carbocycles. The van der Waals surface area contributed by atoms with Gasteiger partial charge in [-0.1, -0.05) is 13.8 Å². The van der Waals surface area contributed by atoms with Crippen LogP contribution in [0, 0.1) is 0 Å². The minimum Gasteiger partial charge on any atom is -0.388 e. The third kappa shape index (κ3) is 8.35. The molecule has 134 valence electrons. The quantitative estimate of drug-likeness (QED) is 0.356.